The van der Waals surface area contributed by atoms with E-state index in [1.165, 1.54) is 4.90 Å². The maximum Gasteiger partial charge on any atom is 0.261 e. The van der Waals surface area contributed by atoms with E-state index in [4.69, 9.17) is 27.9 Å². The molecule has 0 aliphatic carbocycles. The summed E-state index contributed by atoms with van der Waals surface area (Å²) in [5.74, 6) is -0.215. The van der Waals surface area contributed by atoms with Crippen LogP contribution < -0.4 is 10.1 Å². The van der Waals surface area contributed by atoms with Crippen LogP contribution in [-0.4, -0.2) is 35.9 Å². The maximum atomic E-state index is 13.4. The van der Waals surface area contributed by atoms with E-state index in [-0.39, 0.29) is 25.0 Å². The quantitative estimate of drug-likeness (QED) is 0.365. The summed E-state index contributed by atoms with van der Waals surface area (Å²) in [5, 5.41) is 3.83. The summed E-state index contributed by atoms with van der Waals surface area (Å²) in [6, 6.07) is 22.9. The number of ether oxygens (including phenoxy) is 1. The molecule has 3 rings (SSSR count). The number of para-hydroxylation sites is 1. The highest BCUT2D eigenvalue weighted by Crippen LogP contribution is 2.23. The number of hydrogen-bond acceptors (Lipinski definition) is 3. The number of amides is 2. The van der Waals surface area contributed by atoms with Gasteiger partial charge in [-0.3, -0.25) is 9.59 Å². The molecule has 1 unspecified atom stereocenters. The van der Waals surface area contributed by atoms with E-state index in [1.807, 2.05) is 42.5 Å². The minimum atomic E-state index is -0.764. The van der Waals surface area contributed by atoms with E-state index < -0.39 is 6.04 Å². The Morgan fingerprint density at radius 3 is 2.29 bits per heavy atom. The lowest BCUT2D eigenvalue weighted by Crippen LogP contribution is -2.51. The number of hydrogen-bond donors (Lipinski definition) is 1. The Labute approximate surface area is 209 Å². The third-order valence-electron chi connectivity index (χ3n) is 5.15. The fourth-order valence-corrected chi connectivity index (χ4v) is 3.73. The molecule has 0 fully saturated rings. The largest absolute Gasteiger partial charge is 0.482 e. The van der Waals surface area contributed by atoms with Crippen LogP contribution in [0.4, 0.5) is 0 Å². The van der Waals surface area contributed by atoms with Gasteiger partial charge in [-0.25, -0.2) is 0 Å². The van der Waals surface area contributed by atoms with Crippen molar-refractivity contribution in [2.45, 2.75) is 19.0 Å². The molecule has 2 amide bonds. The molecule has 0 aliphatic heterocycles. The third kappa shape index (κ3) is 7.37. The Kier molecular flexibility index (Phi) is 9.56. The Morgan fingerprint density at radius 1 is 0.941 bits per heavy atom. The van der Waals surface area contributed by atoms with Gasteiger partial charge in [-0.05, 0) is 35.4 Å². The smallest absolute Gasteiger partial charge is 0.261 e. The van der Waals surface area contributed by atoms with Crippen LogP contribution >= 0.6 is 23.2 Å². The summed E-state index contributed by atoms with van der Waals surface area (Å²) in [6.07, 6.45) is 1.94. The molecule has 5 nitrogen and oxygen atoms in total. The monoisotopic (exact) mass is 496 g/mol. The fraction of sp³-hybridized carbons (Fsp3) is 0.185. The maximum absolute atomic E-state index is 13.4. The van der Waals surface area contributed by atoms with E-state index in [2.05, 4.69) is 11.9 Å². The van der Waals surface area contributed by atoms with Crippen LogP contribution in [0.2, 0.25) is 10.0 Å². The Balaban J connectivity index is 1.90. The van der Waals surface area contributed by atoms with Crippen molar-refractivity contribution in [2.75, 3.05) is 13.2 Å². The first-order valence-corrected chi connectivity index (χ1v) is 11.6. The van der Waals surface area contributed by atoms with Crippen LogP contribution in [0.25, 0.3) is 0 Å². The van der Waals surface area contributed by atoms with E-state index in [1.54, 1.807) is 42.5 Å². The van der Waals surface area contributed by atoms with Crippen LogP contribution in [-0.2, 0) is 22.6 Å². The highest BCUT2D eigenvalue weighted by atomic mass is 35.5. The number of carbonyl (C=O) groups is 2. The van der Waals surface area contributed by atoms with Gasteiger partial charge < -0.3 is 15.0 Å². The van der Waals surface area contributed by atoms with Crippen molar-refractivity contribution in [1.82, 2.24) is 10.2 Å². The zero-order valence-corrected chi connectivity index (χ0v) is 20.1. The molecule has 3 aromatic rings. The van der Waals surface area contributed by atoms with Crippen molar-refractivity contribution in [2.24, 2.45) is 0 Å². The average molecular weight is 497 g/mol. The van der Waals surface area contributed by atoms with Gasteiger partial charge in [0.25, 0.3) is 5.91 Å². The van der Waals surface area contributed by atoms with Crippen molar-refractivity contribution in [3.05, 3.63) is 113 Å². The molecule has 1 N–H and O–H groups in total. The topological polar surface area (TPSA) is 58.6 Å². The molecular weight excluding hydrogens is 471 g/mol. The molecule has 34 heavy (non-hydrogen) atoms. The summed E-state index contributed by atoms with van der Waals surface area (Å²) in [5.41, 5.74) is 1.77. The second kappa shape index (κ2) is 12.8. The van der Waals surface area contributed by atoms with Gasteiger partial charge in [0.1, 0.15) is 11.8 Å². The molecule has 0 aromatic heterocycles. The summed E-state index contributed by atoms with van der Waals surface area (Å²) >= 11 is 12.2. The number of rotatable bonds is 11. The summed E-state index contributed by atoms with van der Waals surface area (Å²) in [7, 11) is 0. The van der Waals surface area contributed by atoms with Crippen molar-refractivity contribution >= 4 is 35.0 Å². The van der Waals surface area contributed by atoms with Crippen molar-refractivity contribution in [3.63, 3.8) is 0 Å². The normalized spacial score (nSPS) is 11.4. The third-order valence-corrected chi connectivity index (χ3v) is 5.71. The van der Waals surface area contributed by atoms with Gasteiger partial charge in [0.05, 0.1) is 5.02 Å². The van der Waals surface area contributed by atoms with Crippen molar-refractivity contribution in [1.29, 1.82) is 0 Å². The minimum absolute atomic E-state index is 0.209. The zero-order valence-electron chi connectivity index (χ0n) is 18.6. The van der Waals surface area contributed by atoms with Gasteiger partial charge >= 0.3 is 0 Å². The molecule has 0 bridgehead atoms. The minimum Gasteiger partial charge on any atom is -0.482 e. The number of carbonyl (C=O) groups excluding carboxylic acids is 2. The number of nitrogens with one attached hydrogen (secondary N) is 1. The molecule has 0 radical (unpaired) electrons. The highest BCUT2D eigenvalue weighted by molar-refractivity contribution is 6.32. The van der Waals surface area contributed by atoms with Crippen LogP contribution in [0.5, 0.6) is 5.75 Å². The van der Waals surface area contributed by atoms with Crippen LogP contribution in [0.3, 0.4) is 0 Å². The molecule has 0 aliphatic rings. The lowest BCUT2D eigenvalue weighted by Gasteiger charge is -2.31. The standard InChI is InChI=1S/C27H26Cl2N2O3/c1-2-16-30-27(33)24(17-20-8-4-3-5-9-20)31(18-21-12-14-22(28)15-13-21)26(32)19-34-25-11-7-6-10-23(25)29/h2-15,24H,1,16-19H2,(H,30,33). The van der Waals surface area contributed by atoms with Gasteiger partial charge in [0.2, 0.25) is 5.91 Å². The van der Waals surface area contributed by atoms with Crippen LogP contribution in [0.1, 0.15) is 11.1 Å². The Hall–Kier alpha value is -3.28. The first-order chi connectivity index (χ1) is 16.5. The molecule has 1 atom stereocenters. The number of halogens is 2. The van der Waals surface area contributed by atoms with Gasteiger partial charge in [-0.15, -0.1) is 6.58 Å². The summed E-state index contributed by atoms with van der Waals surface area (Å²) in [6.45, 7) is 3.90. The predicted octanol–water partition coefficient (Wildman–Crippen LogP) is 5.31. The van der Waals surface area contributed by atoms with Crippen molar-refractivity contribution < 1.29 is 14.3 Å². The van der Waals surface area contributed by atoms with E-state index >= 15 is 0 Å². The van der Waals surface area contributed by atoms with E-state index in [0.29, 0.717) is 28.8 Å². The van der Waals surface area contributed by atoms with Gasteiger partial charge in [0, 0.05) is 24.5 Å². The summed E-state index contributed by atoms with van der Waals surface area (Å²) < 4.78 is 5.71. The molecule has 7 heteroatoms. The molecule has 0 saturated carbocycles. The summed E-state index contributed by atoms with van der Waals surface area (Å²) in [4.78, 5) is 28.2. The molecule has 3 aromatic carbocycles. The lowest BCUT2D eigenvalue weighted by molar-refractivity contribution is -0.142. The average Bonchev–Trinajstić information content (AvgIpc) is 2.85. The number of nitrogens with zero attached hydrogens (tertiary/aromatic N) is 1. The highest BCUT2D eigenvalue weighted by Gasteiger charge is 2.30. The lowest BCUT2D eigenvalue weighted by atomic mass is 10.0. The molecule has 0 spiro atoms. The van der Waals surface area contributed by atoms with Crippen molar-refractivity contribution in [3.8, 4) is 5.75 Å². The Bertz CT molecular complexity index is 1100. The molecule has 176 valence electrons. The van der Waals surface area contributed by atoms with Crippen LogP contribution in [0.15, 0.2) is 91.5 Å². The number of benzene rings is 3. The van der Waals surface area contributed by atoms with E-state index in [0.717, 1.165) is 11.1 Å². The SMILES string of the molecule is C=CCNC(=O)C(Cc1ccccc1)N(Cc1ccc(Cl)cc1)C(=O)COc1ccccc1Cl. The molecule has 0 heterocycles. The first kappa shape index (κ1) is 25.3. The van der Waals surface area contributed by atoms with Gasteiger partial charge in [-0.2, -0.15) is 0 Å². The van der Waals surface area contributed by atoms with Gasteiger partial charge in [-0.1, -0.05) is 83.9 Å². The van der Waals surface area contributed by atoms with E-state index in [9.17, 15) is 9.59 Å². The molecular formula is C27H26Cl2N2O3. The Morgan fingerprint density at radius 2 is 1.62 bits per heavy atom. The first-order valence-electron chi connectivity index (χ1n) is 10.8. The van der Waals surface area contributed by atoms with Crippen LogP contribution in [0, 0.1) is 0 Å². The second-order valence-corrected chi connectivity index (χ2v) is 8.45. The zero-order chi connectivity index (χ0) is 24.3. The predicted molar refractivity (Wildman–Crippen MR) is 136 cm³/mol. The fourth-order valence-electron chi connectivity index (χ4n) is 3.42. The molecule has 0 saturated heterocycles. The second-order valence-electron chi connectivity index (χ2n) is 7.61. The van der Waals surface area contributed by atoms with Gasteiger partial charge in [0.15, 0.2) is 6.61 Å².